The second-order valence-corrected chi connectivity index (χ2v) is 5.35. The molecule has 5 nitrogen and oxygen atoms in total. The number of nitrogens with zero attached hydrogens (tertiary/aromatic N) is 1. The van der Waals surface area contributed by atoms with E-state index < -0.39 is 11.9 Å². The van der Waals surface area contributed by atoms with E-state index in [0.29, 0.717) is 32.4 Å². The van der Waals surface area contributed by atoms with Gasteiger partial charge in [0.15, 0.2) is 0 Å². The molecule has 21 heavy (non-hydrogen) atoms. The minimum atomic E-state index is -0.958. The minimum Gasteiger partial charge on any atom is -0.481 e. The molecule has 1 aliphatic rings. The lowest BCUT2D eigenvalue weighted by molar-refractivity contribution is -0.146. The predicted octanol–water partition coefficient (Wildman–Crippen LogP) is 1.51. The van der Waals surface area contributed by atoms with Gasteiger partial charge in [-0.25, -0.2) is 0 Å². The summed E-state index contributed by atoms with van der Waals surface area (Å²) >= 11 is 0. The molecule has 1 aromatic carbocycles. The number of aliphatic carboxylic acids is 1. The maximum atomic E-state index is 12.2. The summed E-state index contributed by atoms with van der Waals surface area (Å²) in [6.07, 6.45) is 1.08. The van der Waals surface area contributed by atoms with Crippen LogP contribution in [0.3, 0.4) is 0 Å². The maximum Gasteiger partial charge on any atom is 0.307 e. The molecular weight excluding hydrogens is 270 g/mol. The monoisotopic (exact) mass is 289 g/mol. The summed E-state index contributed by atoms with van der Waals surface area (Å²) in [6.45, 7) is 0.824. The minimum absolute atomic E-state index is 0.0155. The molecule has 0 spiro atoms. The summed E-state index contributed by atoms with van der Waals surface area (Å²) < 4.78 is 0. The van der Waals surface area contributed by atoms with E-state index >= 15 is 0 Å². The third-order valence-electron chi connectivity index (χ3n) is 3.77. The Bertz CT molecular complexity index is 516. The van der Waals surface area contributed by atoms with Crippen LogP contribution in [-0.4, -0.2) is 40.8 Å². The molecule has 5 heteroatoms. The molecule has 0 saturated carbocycles. The van der Waals surface area contributed by atoms with Crippen LogP contribution in [0.4, 0.5) is 0 Å². The smallest absolute Gasteiger partial charge is 0.307 e. The molecule has 1 amide bonds. The number of carboxylic acid groups (broad SMARTS) is 1. The number of benzene rings is 1. The lowest BCUT2D eigenvalue weighted by Gasteiger charge is -2.27. The zero-order chi connectivity index (χ0) is 15.2. The fraction of sp³-hybridized carbons (Fsp3) is 0.438. The van der Waals surface area contributed by atoms with Gasteiger partial charge in [0.05, 0.1) is 5.92 Å². The van der Waals surface area contributed by atoms with Crippen molar-refractivity contribution >= 4 is 17.7 Å². The molecule has 1 atom stereocenters. The average molecular weight is 289 g/mol. The van der Waals surface area contributed by atoms with Gasteiger partial charge < -0.3 is 10.0 Å². The Hall–Kier alpha value is -2.17. The number of hydrogen-bond acceptors (Lipinski definition) is 3. The Labute approximate surface area is 123 Å². The number of carbonyl (C=O) groups excluding carboxylic acids is 2. The molecule has 0 bridgehead atoms. The van der Waals surface area contributed by atoms with Crippen molar-refractivity contribution < 1.29 is 19.5 Å². The van der Waals surface area contributed by atoms with Crippen molar-refractivity contribution in [1.82, 2.24) is 4.90 Å². The number of piperidine rings is 1. The van der Waals surface area contributed by atoms with Gasteiger partial charge in [-0.05, 0) is 12.0 Å². The van der Waals surface area contributed by atoms with Crippen LogP contribution in [-0.2, 0) is 20.8 Å². The number of carbonyl (C=O) groups is 3. The van der Waals surface area contributed by atoms with Gasteiger partial charge in [0.25, 0.3) is 0 Å². The lowest BCUT2D eigenvalue weighted by Crippen LogP contribution is -2.40. The maximum absolute atomic E-state index is 12.2. The van der Waals surface area contributed by atoms with Crippen LogP contribution in [0.1, 0.15) is 24.8 Å². The molecule has 1 fully saturated rings. The molecule has 1 heterocycles. The van der Waals surface area contributed by atoms with Crippen LogP contribution in [0.25, 0.3) is 0 Å². The first-order valence-corrected chi connectivity index (χ1v) is 7.12. The van der Waals surface area contributed by atoms with Gasteiger partial charge in [0.2, 0.25) is 5.91 Å². The van der Waals surface area contributed by atoms with E-state index in [0.717, 1.165) is 5.56 Å². The number of hydrogen-bond donors (Lipinski definition) is 1. The highest BCUT2D eigenvalue weighted by atomic mass is 16.4. The van der Waals surface area contributed by atoms with Gasteiger partial charge in [0, 0.05) is 32.4 Å². The van der Waals surface area contributed by atoms with Crippen molar-refractivity contribution in [2.24, 2.45) is 5.92 Å². The number of amides is 1. The van der Waals surface area contributed by atoms with Crippen molar-refractivity contribution in [2.75, 3.05) is 13.1 Å². The molecule has 0 unspecified atom stereocenters. The summed E-state index contributed by atoms with van der Waals surface area (Å²) in [6, 6.07) is 9.30. The van der Waals surface area contributed by atoms with Gasteiger partial charge in [0.1, 0.15) is 5.78 Å². The van der Waals surface area contributed by atoms with Gasteiger partial charge in [-0.2, -0.15) is 0 Å². The summed E-state index contributed by atoms with van der Waals surface area (Å²) in [5, 5.41) is 9.30. The number of rotatable bonds is 5. The van der Waals surface area contributed by atoms with Crippen LogP contribution in [0.2, 0.25) is 0 Å². The van der Waals surface area contributed by atoms with E-state index in [1.165, 1.54) is 0 Å². The summed E-state index contributed by atoms with van der Waals surface area (Å²) in [4.78, 5) is 36.3. The fourth-order valence-corrected chi connectivity index (χ4v) is 2.49. The van der Waals surface area contributed by atoms with Crippen molar-refractivity contribution in [1.29, 1.82) is 0 Å². The predicted molar refractivity (Wildman–Crippen MR) is 76.7 cm³/mol. The van der Waals surface area contributed by atoms with Gasteiger partial charge >= 0.3 is 5.97 Å². The van der Waals surface area contributed by atoms with Crippen molar-refractivity contribution in [3.63, 3.8) is 0 Å². The van der Waals surface area contributed by atoms with E-state index in [4.69, 9.17) is 0 Å². The van der Waals surface area contributed by atoms with Crippen molar-refractivity contribution in [2.45, 2.75) is 25.7 Å². The van der Waals surface area contributed by atoms with Gasteiger partial charge in [-0.15, -0.1) is 0 Å². The lowest BCUT2D eigenvalue weighted by atomic mass is 9.95. The standard InChI is InChI=1S/C16H19NO4/c18-14-6-8-17(9-7-14)15(19)11-13(16(20)21)10-12-4-2-1-3-5-12/h1-5,13H,6-11H2,(H,20,21)/t13-/m1/s1. The van der Waals surface area contributed by atoms with E-state index in [2.05, 4.69) is 0 Å². The van der Waals surface area contributed by atoms with E-state index in [9.17, 15) is 19.5 Å². The zero-order valence-corrected chi connectivity index (χ0v) is 11.8. The summed E-state index contributed by atoms with van der Waals surface area (Å²) in [5.74, 6) is -1.69. The van der Waals surface area contributed by atoms with Crippen LogP contribution in [0.5, 0.6) is 0 Å². The zero-order valence-electron chi connectivity index (χ0n) is 11.8. The molecular formula is C16H19NO4. The van der Waals surface area contributed by atoms with Crippen LogP contribution < -0.4 is 0 Å². The van der Waals surface area contributed by atoms with E-state index in [1.807, 2.05) is 30.3 Å². The Morgan fingerprint density at radius 1 is 1.14 bits per heavy atom. The highest BCUT2D eigenvalue weighted by molar-refractivity contribution is 5.85. The third kappa shape index (κ3) is 4.41. The molecule has 1 aromatic rings. The number of carboxylic acids is 1. The average Bonchev–Trinajstić information content (AvgIpc) is 2.48. The Kier molecular flexibility index (Phi) is 5.09. The molecule has 1 saturated heterocycles. The fourth-order valence-electron chi connectivity index (χ4n) is 2.49. The SMILES string of the molecule is O=C1CCN(C(=O)C[C@@H](Cc2ccccc2)C(=O)O)CC1. The first-order valence-electron chi connectivity index (χ1n) is 7.12. The van der Waals surface area contributed by atoms with Crippen LogP contribution in [0, 0.1) is 5.92 Å². The topological polar surface area (TPSA) is 74.7 Å². The highest BCUT2D eigenvalue weighted by Crippen LogP contribution is 2.16. The second-order valence-electron chi connectivity index (χ2n) is 5.35. The second kappa shape index (κ2) is 7.02. The molecule has 1 aliphatic heterocycles. The highest BCUT2D eigenvalue weighted by Gasteiger charge is 2.26. The Morgan fingerprint density at radius 3 is 2.33 bits per heavy atom. The first kappa shape index (κ1) is 15.2. The molecule has 1 N–H and O–H groups in total. The molecule has 112 valence electrons. The number of Topliss-reactive ketones (excluding diaryl/α,β-unsaturated/α-hetero) is 1. The normalized spacial score (nSPS) is 16.6. The van der Waals surface area contributed by atoms with E-state index in [-0.39, 0.29) is 18.1 Å². The van der Waals surface area contributed by atoms with Crippen molar-refractivity contribution in [3.8, 4) is 0 Å². The third-order valence-corrected chi connectivity index (χ3v) is 3.77. The largest absolute Gasteiger partial charge is 0.481 e. The quantitative estimate of drug-likeness (QED) is 0.891. The van der Waals surface area contributed by atoms with Crippen molar-refractivity contribution in [3.05, 3.63) is 35.9 Å². The molecule has 0 radical (unpaired) electrons. The molecule has 0 aliphatic carbocycles. The van der Waals surface area contributed by atoms with E-state index in [1.54, 1.807) is 4.90 Å². The Morgan fingerprint density at radius 2 is 1.76 bits per heavy atom. The van der Waals surface area contributed by atoms with Crippen LogP contribution >= 0.6 is 0 Å². The Balaban J connectivity index is 1.95. The number of likely N-dealkylation sites (tertiary alicyclic amines) is 1. The van der Waals surface area contributed by atoms with Gasteiger partial charge in [-0.1, -0.05) is 30.3 Å². The number of ketones is 1. The summed E-state index contributed by atoms with van der Waals surface area (Å²) in [5.41, 5.74) is 0.909. The first-order chi connectivity index (χ1) is 10.1. The summed E-state index contributed by atoms with van der Waals surface area (Å²) in [7, 11) is 0. The van der Waals surface area contributed by atoms with Crippen LogP contribution in [0.15, 0.2) is 30.3 Å². The van der Waals surface area contributed by atoms with Gasteiger partial charge in [-0.3, -0.25) is 14.4 Å². The molecule has 0 aromatic heterocycles. The molecule has 2 rings (SSSR count).